The van der Waals surface area contributed by atoms with Crippen molar-refractivity contribution in [3.63, 3.8) is 0 Å². The van der Waals surface area contributed by atoms with E-state index in [1.807, 2.05) is 6.07 Å². The number of benzene rings is 1. The molecule has 0 bridgehead atoms. The van der Waals surface area contributed by atoms with Crippen LogP contribution >= 0.6 is 11.8 Å². The molecule has 0 amide bonds. The van der Waals surface area contributed by atoms with Crippen LogP contribution in [0.15, 0.2) is 41.6 Å². The van der Waals surface area contributed by atoms with Crippen LogP contribution in [0.4, 0.5) is 0 Å². The van der Waals surface area contributed by atoms with Crippen molar-refractivity contribution in [2.75, 3.05) is 0 Å². The Morgan fingerprint density at radius 2 is 1.89 bits per heavy atom. The van der Waals surface area contributed by atoms with E-state index < -0.39 is 0 Å². The van der Waals surface area contributed by atoms with Gasteiger partial charge in [-0.1, -0.05) is 29.3 Å². The minimum Gasteiger partial charge on any atom is -0.298 e. The summed E-state index contributed by atoms with van der Waals surface area (Å²) < 4.78 is 0. The highest BCUT2D eigenvalue weighted by molar-refractivity contribution is 7.98. The molecule has 0 radical (unpaired) electrons. The molecule has 92 valence electrons. The molecule has 0 spiro atoms. The van der Waals surface area contributed by atoms with Gasteiger partial charge in [0.25, 0.3) is 0 Å². The van der Waals surface area contributed by atoms with E-state index in [1.54, 1.807) is 24.0 Å². The number of aryl methyl sites for hydroxylation is 2. The van der Waals surface area contributed by atoms with Gasteiger partial charge >= 0.3 is 0 Å². The van der Waals surface area contributed by atoms with Crippen LogP contribution in [0.25, 0.3) is 0 Å². The molecule has 0 aliphatic heterocycles. The van der Waals surface area contributed by atoms with E-state index in [1.165, 1.54) is 16.7 Å². The smallest absolute Gasteiger partial charge is 0.151 e. The number of hydrogen-bond donors (Lipinski definition) is 0. The lowest BCUT2D eigenvalue weighted by molar-refractivity contribution is 0.112. The van der Waals surface area contributed by atoms with E-state index in [2.05, 4.69) is 37.0 Å². The summed E-state index contributed by atoms with van der Waals surface area (Å²) in [5.74, 6) is 0.899. The number of pyridine rings is 1. The summed E-state index contributed by atoms with van der Waals surface area (Å²) in [6, 6.07) is 10.2. The van der Waals surface area contributed by atoms with Gasteiger partial charge in [-0.25, -0.2) is 4.98 Å². The lowest BCUT2D eigenvalue weighted by Crippen LogP contribution is -1.87. The zero-order chi connectivity index (χ0) is 13.0. The van der Waals surface area contributed by atoms with Gasteiger partial charge in [0.1, 0.15) is 0 Å². The summed E-state index contributed by atoms with van der Waals surface area (Å²) in [4.78, 5) is 14.8. The quantitative estimate of drug-likeness (QED) is 0.616. The first-order valence-corrected chi connectivity index (χ1v) is 6.77. The highest BCUT2D eigenvalue weighted by Gasteiger charge is 2.00. The first kappa shape index (κ1) is 12.8. The highest BCUT2D eigenvalue weighted by atomic mass is 32.2. The van der Waals surface area contributed by atoms with Crippen LogP contribution < -0.4 is 0 Å². The van der Waals surface area contributed by atoms with Crippen LogP contribution in [0.1, 0.15) is 27.0 Å². The fourth-order valence-electron chi connectivity index (χ4n) is 1.86. The Balaban J connectivity index is 2.03. The maximum absolute atomic E-state index is 10.5. The molecule has 0 unspecified atom stereocenters. The van der Waals surface area contributed by atoms with Crippen molar-refractivity contribution in [3.8, 4) is 0 Å². The van der Waals surface area contributed by atoms with E-state index in [0.717, 1.165) is 17.1 Å². The maximum atomic E-state index is 10.5. The summed E-state index contributed by atoms with van der Waals surface area (Å²) in [5.41, 5.74) is 4.49. The van der Waals surface area contributed by atoms with Crippen molar-refractivity contribution in [2.24, 2.45) is 0 Å². The van der Waals surface area contributed by atoms with Crippen molar-refractivity contribution in [1.29, 1.82) is 0 Å². The predicted octanol–water partition coefficient (Wildman–Crippen LogP) is 3.80. The molecule has 0 aliphatic carbocycles. The lowest BCUT2D eigenvalue weighted by atomic mass is 10.1. The number of aldehydes is 1. The molecule has 0 saturated heterocycles. The normalized spacial score (nSPS) is 10.3. The van der Waals surface area contributed by atoms with Gasteiger partial charge in [0.2, 0.25) is 0 Å². The second-order valence-electron chi connectivity index (χ2n) is 4.33. The molecular formula is C15H15NOS. The second kappa shape index (κ2) is 5.83. The number of nitrogens with zero attached hydrogens (tertiary/aromatic N) is 1. The SMILES string of the molecule is Cc1cc(C)cc(CSc2ccc(C=O)cn2)c1. The lowest BCUT2D eigenvalue weighted by Gasteiger charge is -2.04. The third kappa shape index (κ3) is 3.44. The number of aromatic nitrogens is 1. The van der Waals surface area contributed by atoms with E-state index in [4.69, 9.17) is 0 Å². The van der Waals surface area contributed by atoms with Crippen molar-refractivity contribution >= 4 is 18.0 Å². The fourth-order valence-corrected chi connectivity index (χ4v) is 2.63. The minimum atomic E-state index is 0.616. The molecule has 0 aliphatic rings. The Kier molecular flexibility index (Phi) is 4.15. The molecule has 0 saturated carbocycles. The van der Waals surface area contributed by atoms with E-state index in [-0.39, 0.29) is 0 Å². The van der Waals surface area contributed by atoms with Gasteiger partial charge < -0.3 is 0 Å². The second-order valence-corrected chi connectivity index (χ2v) is 5.33. The molecule has 0 N–H and O–H groups in total. The zero-order valence-corrected chi connectivity index (χ0v) is 11.3. The monoisotopic (exact) mass is 257 g/mol. The summed E-state index contributed by atoms with van der Waals surface area (Å²) in [5, 5.41) is 0.944. The Labute approximate surface area is 111 Å². The molecule has 0 fully saturated rings. The van der Waals surface area contributed by atoms with Crippen LogP contribution in [0.2, 0.25) is 0 Å². The largest absolute Gasteiger partial charge is 0.298 e. The summed E-state index contributed by atoms with van der Waals surface area (Å²) in [7, 11) is 0. The number of carbonyl (C=O) groups excluding carboxylic acids is 1. The molecular weight excluding hydrogens is 242 g/mol. The third-order valence-electron chi connectivity index (χ3n) is 2.56. The van der Waals surface area contributed by atoms with E-state index in [9.17, 15) is 4.79 Å². The molecule has 2 nitrogen and oxygen atoms in total. The predicted molar refractivity (Wildman–Crippen MR) is 75.1 cm³/mol. The van der Waals surface area contributed by atoms with Gasteiger partial charge in [-0.05, 0) is 31.5 Å². The molecule has 0 atom stereocenters. The number of carbonyl (C=O) groups is 1. The van der Waals surface area contributed by atoms with Crippen molar-refractivity contribution in [3.05, 3.63) is 58.8 Å². The number of hydrogen-bond acceptors (Lipinski definition) is 3. The Morgan fingerprint density at radius 3 is 2.44 bits per heavy atom. The molecule has 2 aromatic rings. The Morgan fingerprint density at radius 1 is 1.17 bits per heavy atom. The molecule has 18 heavy (non-hydrogen) atoms. The van der Waals surface area contributed by atoms with Gasteiger partial charge in [0.05, 0.1) is 5.03 Å². The van der Waals surface area contributed by atoms with Crippen LogP contribution in [0.3, 0.4) is 0 Å². The zero-order valence-electron chi connectivity index (χ0n) is 10.5. The first-order valence-electron chi connectivity index (χ1n) is 5.78. The van der Waals surface area contributed by atoms with Crippen molar-refractivity contribution < 1.29 is 4.79 Å². The molecule has 3 heteroatoms. The van der Waals surface area contributed by atoms with Gasteiger partial charge in [-0.3, -0.25) is 4.79 Å². The molecule has 1 heterocycles. The minimum absolute atomic E-state index is 0.616. The summed E-state index contributed by atoms with van der Waals surface area (Å²) in [6.45, 7) is 4.22. The first-order chi connectivity index (χ1) is 8.67. The van der Waals surface area contributed by atoms with E-state index >= 15 is 0 Å². The van der Waals surface area contributed by atoms with Crippen LogP contribution in [-0.4, -0.2) is 11.3 Å². The summed E-state index contributed by atoms with van der Waals surface area (Å²) >= 11 is 1.68. The van der Waals surface area contributed by atoms with Gasteiger partial charge in [0, 0.05) is 17.5 Å². The van der Waals surface area contributed by atoms with Gasteiger partial charge in [-0.15, -0.1) is 11.8 Å². The molecule has 2 rings (SSSR count). The van der Waals surface area contributed by atoms with Crippen LogP contribution in [0.5, 0.6) is 0 Å². The number of rotatable bonds is 4. The standard InChI is InChI=1S/C15H15NOS/c1-11-5-12(2)7-14(6-11)10-18-15-4-3-13(9-17)8-16-15/h3-9H,10H2,1-2H3. The summed E-state index contributed by atoms with van der Waals surface area (Å²) in [6.07, 6.45) is 2.42. The fraction of sp³-hybridized carbons (Fsp3) is 0.200. The maximum Gasteiger partial charge on any atom is 0.151 e. The van der Waals surface area contributed by atoms with Gasteiger partial charge in [-0.2, -0.15) is 0 Å². The van der Waals surface area contributed by atoms with E-state index in [0.29, 0.717) is 5.56 Å². The van der Waals surface area contributed by atoms with Crippen molar-refractivity contribution in [2.45, 2.75) is 24.6 Å². The van der Waals surface area contributed by atoms with Gasteiger partial charge in [0.15, 0.2) is 6.29 Å². The van der Waals surface area contributed by atoms with Crippen LogP contribution in [-0.2, 0) is 5.75 Å². The number of thioether (sulfide) groups is 1. The average Bonchev–Trinajstić information content (AvgIpc) is 2.36. The van der Waals surface area contributed by atoms with Crippen LogP contribution in [0, 0.1) is 13.8 Å². The molecule has 1 aromatic carbocycles. The van der Waals surface area contributed by atoms with Crippen molar-refractivity contribution in [1.82, 2.24) is 4.98 Å². The third-order valence-corrected chi connectivity index (χ3v) is 3.58. The topological polar surface area (TPSA) is 30.0 Å². The highest BCUT2D eigenvalue weighted by Crippen LogP contribution is 2.22. The Bertz CT molecular complexity index is 529. The molecule has 1 aromatic heterocycles. The average molecular weight is 257 g/mol. The Hall–Kier alpha value is -1.61.